The molecule has 29 heavy (non-hydrogen) atoms. The zero-order valence-electron chi connectivity index (χ0n) is 18.1. The van der Waals surface area contributed by atoms with Gasteiger partial charge in [-0.2, -0.15) is 0 Å². The molecule has 3 rings (SSSR count). The summed E-state index contributed by atoms with van der Waals surface area (Å²) >= 11 is 0. The molecule has 2 aliphatic heterocycles. The molecule has 1 unspecified atom stereocenters. The molecule has 2 fully saturated rings. The first-order chi connectivity index (χ1) is 14.1. The summed E-state index contributed by atoms with van der Waals surface area (Å²) in [5.74, 6) is 1.48. The molecule has 0 aromatic heterocycles. The number of nitrogens with zero attached hydrogens (tertiary/aromatic N) is 1. The second-order valence-electron chi connectivity index (χ2n) is 7.81. The molecule has 2 aliphatic rings. The van der Waals surface area contributed by atoms with Gasteiger partial charge in [0.2, 0.25) is 0 Å². The number of carbonyl (C=O) groups excluding carboxylic acids is 1. The molecular weight excluding hydrogens is 370 g/mol. The van der Waals surface area contributed by atoms with Gasteiger partial charge in [0.1, 0.15) is 11.5 Å². The number of hydrogen-bond donors (Lipinski definition) is 2. The van der Waals surface area contributed by atoms with Gasteiger partial charge in [0.25, 0.3) is 5.91 Å². The molecule has 162 valence electrons. The van der Waals surface area contributed by atoms with Crippen molar-refractivity contribution < 1.29 is 23.9 Å². The Balaban J connectivity index is 1.80. The van der Waals surface area contributed by atoms with E-state index in [4.69, 9.17) is 14.2 Å². The molecule has 1 aromatic carbocycles. The molecule has 2 N–H and O–H groups in total. The molecule has 7 nitrogen and oxygen atoms in total. The van der Waals surface area contributed by atoms with Crippen LogP contribution < -0.4 is 24.6 Å². The lowest BCUT2D eigenvalue weighted by atomic mass is 10.0. The fraction of sp³-hybridized carbons (Fsp3) is 0.682. The van der Waals surface area contributed by atoms with E-state index in [1.807, 2.05) is 26.0 Å². The van der Waals surface area contributed by atoms with Crippen molar-refractivity contribution in [3.8, 4) is 11.5 Å². The van der Waals surface area contributed by atoms with Crippen LogP contribution in [0, 0.1) is 0 Å². The molecule has 2 heterocycles. The zero-order valence-corrected chi connectivity index (χ0v) is 18.1. The molecule has 0 bridgehead atoms. The number of likely N-dealkylation sites (tertiary alicyclic amines) is 1. The highest BCUT2D eigenvalue weighted by Gasteiger charge is 2.25. The van der Waals surface area contributed by atoms with Crippen molar-refractivity contribution in [3.63, 3.8) is 0 Å². The monoisotopic (exact) mass is 406 g/mol. The van der Waals surface area contributed by atoms with E-state index in [2.05, 4.69) is 17.1 Å². The summed E-state index contributed by atoms with van der Waals surface area (Å²) in [6.45, 7) is 11.8. The molecule has 0 saturated carbocycles. The van der Waals surface area contributed by atoms with Gasteiger partial charge in [0.05, 0.1) is 50.4 Å². The number of benzene rings is 1. The topological polar surface area (TPSA) is 64.5 Å². The van der Waals surface area contributed by atoms with Crippen LogP contribution in [-0.2, 0) is 9.53 Å². The predicted molar refractivity (Wildman–Crippen MR) is 114 cm³/mol. The van der Waals surface area contributed by atoms with Gasteiger partial charge in [-0.15, -0.1) is 0 Å². The van der Waals surface area contributed by atoms with E-state index < -0.39 is 0 Å². The third-order valence-electron chi connectivity index (χ3n) is 5.76. The number of morpholine rings is 1. The van der Waals surface area contributed by atoms with Crippen LogP contribution in [0.4, 0.5) is 11.4 Å². The molecule has 2 saturated heterocycles. The zero-order chi connectivity index (χ0) is 20.6. The van der Waals surface area contributed by atoms with Gasteiger partial charge in [-0.25, -0.2) is 0 Å². The van der Waals surface area contributed by atoms with Gasteiger partial charge in [-0.05, 0) is 40.0 Å². The van der Waals surface area contributed by atoms with Crippen molar-refractivity contribution in [2.75, 3.05) is 62.8 Å². The van der Waals surface area contributed by atoms with Crippen molar-refractivity contribution >= 4 is 17.3 Å². The normalized spacial score (nSPS) is 22.2. The van der Waals surface area contributed by atoms with Gasteiger partial charge in [0, 0.05) is 25.2 Å². The predicted octanol–water partition coefficient (Wildman–Crippen LogP) is 1.72. The minimum atomic E-state index is 0.0243. The molecule has 1 aromatic rings. The minimum Gasteiger partial charge on any atom is -0.492 e. The first-order valence-corrected chi connectivity index (χ1v) is 11.0. The van der Waals surface area contributed by atoms with Crippen molar-refractivity contribution in [1.82, 2.24) is 0 Å². The van der Waals surface area contributed by atoms with Crippen LogP contribution in [0.2, 0.25) is 0 Å². The summed E-state index contributed by atoms with van der Waals surface area (Å²) in [4.78, 5) is 16.4. The first-order valence-electron chi connectivity index (χ1n) is 11.0. The van der Waals surface area contributed by atoms with E-state index in [-0.39, 0.29) is 5.91 Å². The number of nitrogens with one attached hydrogen (secondary N) is 2. The molecule has 0 spiro atoms. The molecule has 7 heteroatoms. The Kier molecular flexibility index (Phi) is 8.00. The van der Waals surface area contributed by atoms with E-state index in [0.717, 1.165) is 31.1 Å². The van der Waals surface area contributed by atoms with Crippen LogP contribution in [0.25, 0.3) is 0 Å². The van der Waals surface area contributed by atoms with Crippen LogP contribution in [0.1, 0.15) is 40.0 Å². The Labute approximate surface area is 174 Å². The number of amides is 1. The number of quaternary nitrogens is 1. The number of rotatable bonds is 8. The molecule has 0 aliphatic carbocycles. The van der Waals surface area contributed by atoms with Gasteiger partial charge < -0.3 is 29.3 Å². The van der Waals surface area contributed by atoms with Crippen LogP contribution in [0.15, 0.2) is 12.1 Å². The summed E-state index contributed by atoms with van der Waals surface area (Å²) in [7, 11) is 0. The highest BCUT2D eigenvalue weighted by Crippen LogP contribution is 2.39. The lowest BCUT2D eigenvalue weighted by Gasteiger charge is -2.31. The SMILES string of the molecule is CCOc1cc(N2CCOCC2)c(OCC)cc1NC(=O)C[NH+]1CCCC[C@H]1C. The maximum Gasteiger partial charge on any atom is 0.279 e. The Morgan fingerprint density at radius 3 is 2.59 bits per heavy atom. The number of ether oxygens (including phenoxy) is 3. The van der Waals surface area contributed by atoms with E-state index in [0.29, 0.717) is 50.5 Å². The van der Waals surface area contributed by atoms with E-state index >= 15 is 0 Å². The Morgan fingerprint density at radius 1 is 1.17 bits per heavy atom. The van der Waals surface area contributed by atoms with Crippen LogP contribution in [0.5, 0.6) is 11.5 Å². The molecule has 1 amide bonds. The number of piperidine rings is 1. The maximum atomic E-state index is 12.8. The highest BCUT2D eigenvalue weighted by atomic mass is 16.5. The van der Waals surface area contributed by atoms with Gasteiger partial charge in [0.15, 0.2) is 6.54 Å². The minimum absolute atomic E-state index is 0.0243. The molecular formula is C22H36N3O4+. The summed E-state index contributed by atoms with van der Waals surface area (Å²) in [5.41, 5.74) is 1.67. The van der Waals surface area contributed by atoms with Crippen molar-refractivity contribution in [3.05, 3.63) is 12.1 Å². The summed E-state index contributed by atoms with van der Waals surface area (Å²) in [5, 5.41) is 3.08. The summed E-state index contributed by atoms with van der Waals surface area (Å²) in [6.07, 6.45) is 3.65. The van der Waals surface area contributed by atoms with Crippen LogP contribution in [0.3, 0.4) is 0 Å². The van der Waals surface area contributed by atoms with Gasteiger partial charge >= 0.3 is 0 Å². The second kappa shape index (κ2) is 10.7. The van der Waals surface area contributed by atoms with Crippen molar-refractivity contribution in [2.24, 2.45) is 0 Å². The molecule has 2 atom stereocenters. The smallest absolute Gasteiger partial charge is 0.279 e. The fourth-order valence-electron chi connectivity index (χ4n) is 4.16. The van der Waals surface area contributed by atoms with Crippen molar-refractivity contribution in [2.45, 2.75) is 46.1 Å². The number of anilines is 2. The lowest BCUT2D eigenvalue weighted by molar-refractivity contribution is -0.920. The standard InChI is InChI=1S/C22H35N3O4/c1-4-28-20-15-19(24-10-12-27-13-11-24)21(29-5-2)14-18(20)23-22(26)16-25-9-7-6-8-17(25)3/h14-15,17H,4-13,16H2,1-3H3,(H,23,26)/p+1/t17-/m1/s1. The summed E-state index contributed by atoms with van der Waals surface area (Å²) < 4.78 is 17.3. The first kappa shape index (κ1) is 21.7. The average Bonchev–Trinajstić information content (AvgIpc) is 2.72. The average molecular weight is 407 g/mol. The molecule has 0 radical (unpaired) electrons. The quantitative estimate of drug-likeness (QED) is 0.688. The van der Waals surface area contributed by atoms with E-state index in [1.165, 1.54) is 24.2 Å². The third kappa shape index (κ3) is 5.76. The van der Waals surface area contributed by atoms with Crippen LogP contribution >= 0.6 is 0 Å². The Morgan fingerprint density at radius 2 is 1.90 bits per heavy atom. The largest absolute Gasteiger partial charge is 0.492 e. The summed E-state index contributed by atoms with van der Waals surface area (Å²) in [6, 6.07) is 4.43. The van der Waals surface area contributed by atoms with Crippen molar-refractivity contribution in [1.29, 1.82) is 0 Å². The van der Waals surface area contributed by atoms with Crippen LogP contribution in [-0.4, -0.2) is 64.6 Å². The third-order valence-corrected chi connectivity index (χ3v) is 5.76. The van der Waals surface area contributed by atoms with E-state index in [1.54, 1.807) is 0 Å². The fourth-order valence-corrected chi connectivity index (χ4v) is 4.16. The van der Waals surface area contributed by atoms with Gasteiger partial charge in [-0.1, -0.05) is 0 Å². The number of hydrogen-bond acceptors (Lipinski definition) is 5. The van der Waals surface area contributed by atoms with E-state index in [9.17, 15) is 4.79 Å². The Bertz CT molecular complexity index is 676. The lowest BCUT2D eigenvalue weighted by Crippen LogP contribution is -3.17. The van der Waals surface area contributed by atoms with Gasteiger partial charge in [-0.3, -0.25) is 4.79 Å². The highest BCUT2D eigenvalue weighted by molar-refractivity contribution is 5.94. The maximum absolute atomic E-state index is 12.8. The Hall–Kier alpha value is -1.99. The number of carbonyl (C=O) groups is 1. The second-order valence-corrected chi connectivity index (χ2v) is 7.81.